The number of hydrogen-bond acceptors (Lipinski definition) is 5. The van der Waals surface area contributed by atoms with Crippen molar-refractivity contribution in [2.24, 2.45) is 0 Å². The van der Waals surface area contributed by atoms with E-state index in [-0.39, 0.29) is 0 Å². The number of benzene rings is 2. The summed E-state index contributed by atoms with van der Waals surface area (Å²) in [6.07, 6.45) is 2.53. The minimum Gasteiger partial charge on any atom is -0.312 e. The average Bonchev–Trinajstić information content (AvgIpc) is 2.50. The van der Waals surface area contributed by atoms with E-state index in [1.807, 2.05) is 26.0 Å². The van der Waals surface area contributed by atoms with E-state index in [4.69, 9.17) is 20.4 Å². The first-order valence-corrected chi connectivity index (χ1v) is 6.78. The maximum absolute atomic E-state index is 8.35. The molecule has 5 heteroatoms. The lowest BCUT2D eigenvalue weighted by Gasteiger charge is -2.00. The zero-order valence-corrected chi connectivity index (χ0v) is 13.7. The number of rotatable bonds is 2. The number of nitrogens with one attached hydrogen (secondary N) is 2. The molecule has 0 aliphatic carbocycles. The molecule has 0 aliphatic heterocycles. The van der Waals surface area contributed by atoms with Crippen LogP contribution in [0.2, 0.25) is 0 Å². The Morgan fingerprint density at radius 3 is 1.17 bits per heavy atom. The van der Waals surface area contributed by atoms with Crippen LogP contribution < -0.4 is 0 Å². The summed E-state index contributed by atoms with van der Waals surface area (Å²) in [5, 5.41) is 10.8. The highest BCUT2D eigenvalue weighted by atomic mass is 16.1. The Bertz CT molecular complexity index is 505. The topological polar surface area (TPSA) is 85.1 Å². The predicted octanol–water partition coefficient (Wildman–Crippen LogP) is 3.26. The van der Waals surface area contributed by atoms with Gasteiger partial charge in [-0.05, 0) is 38.7 Å². The maximum Gasteiger partial charge on any atom is 0.231 e. The summed E-state index contributed by atoms with van der Waals surface area (Å²) in [5.41, 5.74) is 2.74. The summed E-state index contributed by atoms with van der Waals surface area (Å²) < 4.78 is 0. The molecule has 0 bridgehead atoms. The van der Waals surface area contributed by atoms with Gasteiger partial charge in [-0.15, -0.1) is 0 Å². The Morgan fingerprint density at radius 1 is 0.739 bits per heavy atom. The van der Waals surface area contributed by atoms with Crippen LogP contribution in [0.1, 0.15) is 11.1 Å². The Hall–Kier alpha value is -2.84. The summed E-state index contributed by atoms with van der Waals surface area (Å²) in [5.74, 6) is 0. The first kappa shape index (κ1) is 22.4. The molecule has 2 N–H and O–H groups in total. The van der Waals surface area contributed by atoms with Gasteiger partial charge in [0.25, 0.3) is 0 Å². The zero-order chi connectivity index (χ0) is 17.9. The lowest BCUT2D eigenvalue weighted by molar-refractivity contribution is 0.505. The molecule has 0 spiro atoms. The van der Waals surface area contributed by atoms with Crippen LogP contribution in [-0.2, 0) is 16.0 Å². The van der Waals surface area contributed by atoms with Gasteiger partial charge in [0.15, 0.2) is 0 Å². The molecular formula is C18H23N3O2. The van der Waals surface area contributed by atoms with E-state index in [1.54, 1.807) is 0 Å². The number of nitrogens with zero attached hydrogens (tertiary/aromatic N) is 1. The summed E-state index contributed by atoms with van der Waals surface area (Å²) in [6.45, 7) is 0. The summed E-state index contributed by atoms with van der Waals surface area (Å²) in [6, 6.07) is 21.1. The summed E-state index contributed by atoms with van der Waals surface area (Å²) in [7, 11) is 6.00. The van der Waals surface area contributed by atoms with Crippen molar-refractivity contribution in [1.82, 2.24) is 4.90 Å². The predicted molar refractivity (Wildman–Crippen MR) is 92.1 cm³/mol. The van der Waals surface area contributed by atoms with Crippen molar-refractivity contribution in [2.45, 2.75) is 6.42 Å². The van der Waals surface area contributed by atoms with Gasteiger partial charge < -0.3 is 4.90 Å². The fraction of sp³-hybridized carbons (Fsp3) is 0.222. The van der Waals surface area contributed by atoms with Gasteiger partial charge in [0, 0.05) is 0 Å². The summed E-state index contributed by atoms with van der Waals surface area (Å²) >= 11 is 0. The van der Waals surface area contributed by atoms with Gasteiger partial charge in [-0.1, -0.05) is 60.7 Å². The SMILES string of the molecule is CN(C)C.N=C=O.N=C=O.c1ccc(Cc2ccccc2)cc1. The number of hydrogen-bond donors (Lipinski definition) is 2. The Labute approximate surface area is 137 Å². The fourth-order valence-electron chi connectivity index (χ4n) is 1.43. The van der Waals surface area contributed by atoms with Crippen molar-refractivity contribution in [3.8, 4) is 0 Å². The lowest BCUT2D eigenvalue weighted by Crippen LogP contribution is -1.99. The molecule has 0 aliphatic rings. The van der Waals surface area contributed by atoms with Gasteiger partial charge in [0.1, 0.15) is 0 Å². The van der Waals surface area contributed by atoms with Gasteiger partial charge in [-0.2, -0.15) is 0 Å². The smallest absolute Gasteiger partial charge is 0.231 e. The van der Waals surface area contributed by atoms with Crippen molar-refractivity contribution in [1.29, 1.82) is 10.8 Å². The van der Waals surface area contributed by atoms with Crippen molar-refractivity contribution in [3.05, 3.63) is 71.8 Å². The van der Waals surface area contributed by atoms with Crippen LogP contribution >= 0.6 is 0 Å². The third-order valence-corrected chi connectivity index (χ3v) is 2.09. The molecule has 0 aromatic heterocycles. The van der Waals surface area contributed by atoms with Crippen LogP contribution in [0.5, 0.6) is 0 Å². The summed E-state index contributed by atoms with van der Waals surface area (Å²) in [4.78, 5) is 18.7. The van der Waals surface area contributed by atoms with Gasteiger partial charge in [-0.3, -0.25) is 0 Å². The van der Waals surface area contributed by atoms with Gasteiger partial charge in [0.2, 0.25) is 12.2 Å². The van der Waals surface area contributed by atoms with Gasteiger partial charge in [-0.25, -0.2) is 20.4 Å². The van der Waals surface area contributed by atoms with Crippen LogP contribution in [-0.4, -0.2) is 38.2 Å². The normalized spacial score (nSPS) is 7.83. The number of isocyanates is 2. The third kappa shape index (κ3) is 19.2. The van der Waals surface area contributed by atoms with Crippen LogP contribution in [0.25, 0.3) is 0 Å². The second-order valence-corrected chi connectivity index (χ2v) is 4.69. The van der Waals surface area contributed by atoms with E-state index in [9.17, 15) is 0 Å². The monoisotopic (exact) mass is 313 g/mol. The van der Waals surface area contributed by atoms with Crippen LogP contribution in [0, 0.1) is 10.8 Å². The zero-order valence-electron chi connectivity index (χ0n) is 13.7. The quantitative estimate of drug-likeness (QED) is 0.659. The Kier molecular flexibility index (Phi) is 16.8. The molecule has 0 unspecified atom stereocenters. The van der Waals surface area contributed by atoms with E-state index >= 15 is 0 Å². The highest BCUT2D eigenvalue weighted by Crippen LogP contribution is 2.07. The molecule has 23 heavy (non-hydrogen) atoms. The molecule has 5 nitrogen and oxygen atoms in total. The molecule has 0 atom stereocenters. The van der Waals surface area contributed by atoms with E-state index in [2.05, 4.69) is 60.7 Å². The molecule has 2 rings (SSSR count). The van der Waals surface area contributed by atoms with Crippen LogP contribution in [0.4, 0.5) is 0 Å². The Morgan fingerprint density at radius 2 is 0.957 bits per heavy atom. The Balaban J connectivity index is 0. The second-order valence-electron chi connectivity index (χ2n) is 4.69. The van der Waals surface area contributed by atoms with Crippen molar-refractivity contribution >= 4 is 12.2 Å². The van der Waals surface area contributed by atoms with E-state index in [1.165, 1.54) is 11.1 Å². The van der Waals surface area contributed by atoms with Crippen LogP contribution in [0.15, 0.2) is 60.7 Å². The molecule has 2 aromatic carbocycles. The first-order valence-electron chi connectivity index (χ1n) is 6.78. The van der Waals surface area contributed by atoms with E-state index in [0.29, 0.717) is 0 Å². The fourth-order valence-corrected chi connectivity index (χ4v) is 1.43. The molecule has 122 valence electrons. The standard InChI is InChI=1S/C13H12.C3H9N.2CHNO/c1-3-7-12(8-4-1)11-13-9-5-2-6-10-13;1-4(2)3;2*2-1-3/h1-10H,11H2;1-3H3;2*2H. The van der Waals surface area contributed by atoms with Crippen molar-refractivity contribution in [2.75, 3.05) is 21.1 Å². The minimum absolute atomic E-state index is 0.750. The van der Waals surface area contributed by atoms with Crippen molar-refractivity contribution in [3.63, 3.8) is 0 Å². The molecule has 2 aromatic rings. The van der Waals surface area contributed by atoms with Crippen LogP contribution in [0.3, 0.4) is 0 Å². The molecule has 0 radical (unpaired) electrons. The molecule has 0 saturated carbocycles. The molecule has 0 amide bonds. The largest absolute Gasteiger partial charge is 0.312 e. The first-order chi connectivity index (χ1) is 11.0. The third-order valence-electron chi connectivity index (χ3n) is 2.09. The van der Waals surface area contributed by atoms with E-state index < -0.39 is 0 Å². The maximum atomic E-state index is 8.35. The molecular weight excluding hydrogens is 290 g/mol. The lowest BCUT2D eigenvalue weighted by atomic mass is 10.1. The minimum atomic E-state index is 0.750. The highest BCUT2D eigenvalue weighted by molar-refractivity contribution is 5.26. The van der Waals surface area contributed by atoms with E-state index in [0.717, 1.165) is 18.6 Å². The second kappa shape index (κ2) is 17.2. The molecule has 0 heterocycles. The van der Waals surface area contributed by atoms with Crippen molar-refractivity contribution < 1.29 is 9.59 Å². The number of carbonyl (C=O) groups excluding carboxylic acids is 2. The molecule has 0 fully saturated rings. The highest BCUT2D eigenvalue weighted by Gasteiger charge is 1.92. The molecule has 0 saturated heterocycles. The van der Waals surface area contributed by atoms with Gasteiger partial charge >= 0.3 is 0 Å². The van der Waals surface area contributed by atoms with Gasteiger partial charge in [0.05, 0.1) is 0 Å². The average molecular weight is 313 g/mol.